The van der Waals surface area contributed by atoms with E-state index in [2.05, 4.69) is 17.1 Å². The molecule has 2 heterocycles. The average Bonchev–Trinajstić information content (AvgIpc) is 3.37. The molecule has 0 atom stereocenters. The lowest BCUT2D eigenvalue weighted by Crippen LogP contribution is -2.46. The Morgan fingerprint density at radius 1 is 1.12 bits per heavy atom. The molecule has 0 unspecified atom stereocenters. The monoisotopic (exact) mass is 466 g/mol. The number of aromatic nitrogens is 1. The molecule has 8 heteroatoms. The molecule has 0 bridgehead atoms. The lowest BCUT2D eigenvalue weighted by Gasteiger charge is -2.27. The Labute approximate surface area is 199 Å². The molecule has 7 nitrogen and oxygen atoms in total. The van der Waals surface area contributed by atoms with Crippen LogP contribution in [0.2, 0.25) is 0 Å². The maximum absolute atomic E-state index is 12.7. The van der Waals surface area contributed by atoms with Gasteiger partial charge in [0.15, 0.2) is 5.13 Å². The van der Waals surface area contributed by atoms with E-state index < -0.39 is 0 Å². The van der Waals surface area contributed by atoms with Crippen LogP contribution in [0, 0.1) is 0 Å². The number of thiazole rings is 1. The number of anilines is 1. The van der Waals surface area contributed by atoms with Gasteiger partial charge < -0.3 is 24.6 Å². The zero-order chi connectivity index (χ0) is 23.2. The summed E-state index contributed by atoms with van der Waals surface area (Å²) in [7, 11) is 3.31. The van der Waals surface area contributed by atoms with E-state index in [4.69, 9.17) is 14.5 Å². The Bertz CT molecular complexity index is 1080. The number of amides is 1. The number of nitrogens with one attached hydrogen (secondary N) is 1. The molecule has 0 aliphatic carbocycles. The Morgan fingerprint density at radius 3 is 2.55 bits per heavy atom. The van der Waals surface area contributed by atoms with Gasteiger partial charge in [0.1, 0.15) is 11.5 Å². The predicted octanol–water partition coefficient (Wildman–Crippen LogP) is 3.90. The molecule has 1 aliphatic rings. The van der Waals surface area contributed by atoms with Gasteiger partial charge in [0.2, 0.25) is 0 Å². The van der Waals surface area contributed by atoms with Crippen molar-refractivity contribution in [1.29, 1.82) is 0 Å². The van der Waals surface area contributed by atoms with Crippen molar-refractivity contribution in [3.05, 3.63) is 59.0 Å². The topological polar surface area (TPSA) is 66.9 Å². The lowest BCUT2D eigenvalue weighted by atomic mass is 10.1. The van der Waals surface area contributed by atoms with Crippen LogP contribution in [0.4, 0.5) is 5.13 Å². The minimum absolute atomic E-state index is 0.104. The molecule has 3 aromatic rings. The molecule has 1 amide bonds. The third-order valence-corrected chi connectivity index (χ3v) is 6.71. The van der Waals surface area contributed by atoms with Gasteiger partial charge in [-0.2, -0.15) is 0 Å². The van der Waals surface area contributed by atoms with Gasteiger partial charge in [0.25, 0.3) is 5.91 Å². The van der Waals surface area contributed by atoms with Gasteiger partial charge >= 0.3 is 0 Å². The third kappa shape index (κ3) is 5.29. The molecule has 1 aliphatic heterocycles. The maximum Gasteiger partial charge on any atom is 0.253 e. The van der Waals surface area contributed by atoms with Gasteiger partial charge in [-0.05, 0) is 42.8 Å². The minimum atomic E-state index is 0.104. The van der Waals surface area contributed by atoms with Crippen LogP contribution in [0.1, 0.15) is 22.8 Å². The summed E-state index contributed by atoms with van der Waals surface area (Å²) in [6, 6.07) is 13.7. The van der Waals surface area contributed by atoms with Crippen molar-refractivity contribution in [1.82, 2.24) is 15.2 Å². The van der Waals surface area contributed by atoms with Crippen molar-refractivity contribution in [2.24, 2.45) is 0 Å². The second-order valence-electron chi connectivity index (χ2n) is 7.83. The zero-order valence-corrected chi connectivity index (χ0v) is 20.2. The van der Waals surface area contributed by atoms with E-state index in [1.165, 1.54) is 0 Å². The van der Waals surface area contributed by atoms with Crippen LogP contribution in [0.3, 0.4) is 0 Å². The lowest BCUT2D eigenvalue weighted by molar-refractivity contribution is 0.0736. The smallest absolute Gasteiger partial charge is 0.253 e. The van der Waals surface area contributed by atoms with Crippen LogP contribution in [0.25, 0.3) is 11.3 Å². The summed E-state index contributed by atoms with van der Waals surface area (Å²) >= 11 is 1.61. The Morgan fingerprint density at radius 2 is 1.88 bits per heavy atom. The van der Waals surface area contributed by atoms with Crippen molar-refractivity contribution in [3.8, 4) is 22.8 Å². The summed E-state index contributed by atoms with van der Waals surface area (Å²) in [5, 5.41) is 6.27. The summed E-state index contributed by atoms with van der Waals surface area (Å²) in [5.74, 6) is 1.63. The van der Waals surface area contributed by atoms with Gasteiger partial charge in [-0.15, -0.1) is 11.3 Å². The number of nitrogens with zero attached hydrogens (tertiary/aromatic N) is 3. The van der Waals surface area contributed by atoms with Crippen molar-refractivity contribution in [2.45, 2.75) is 13.5 Å². The molecule has 4 rings (SSSR count). The Kier molecular flexibility index (Phi) is 7.47. The quantitative estimate of drug-likeness (QED) is 0.543. The number of hydrogen-bond donors (Lipinski definition) is 1. The molecule has 1 fully saturated rings. The number of carbonyl (C=O) groups is 1. The molecule has 0 saturated carbocycles. The predicted molar refractivity (Wildman–Crippen MR) is 133 cm³/mol. The van der Waals surface area contributed by atoms with Crippen molar-refractivity contribution >= 4 is 22.4 Å². The average molecular weight is 467 g/mol. The Hall–Kier alpha value is -3.10. The van der Waals surface area contributed by atoms with Crippen LogP contribution in [0.15, 0.2) is 47.8 Å². The molecule has 0 radical (unpaired) electrons. The number of methoxy groups -OCH3 is 2. The van der Waals surface area contributed by atoms with Crippen LogP contribution in [-0.2, 0) is 6.54 Å². The summed E-state index contributed by atoms with van der Waals surface area (Å²) in [4.78, 5) is 21.7. The summed E-state index contributed by atoms with van der Waals surface area (Å²) < 4.78 is 10.9. The molecule has 0 spiro atoms. The summed E-state index contributed by atoms with van der Waals surface area (Å²) in [6.45, 7) is 6.89. The second kappa shape index (κ2) is 10.7. The van der Waals surface area contributed by atoms with Gasteiger partial charge in [0.05, 0.1) is 19.9 Å². The number of carbonyl (C=O) groups excluding carboxylic acids is 1. The van der Waals surface area contributed by atoms with Crippen molar-refractivity contribution in [3.63, 3.8) is 0 Å². The van der Waals surface area contributed by atoms with E-state index in [-0.39, 0.29) is 5.91 Å². The largest absolute Gasteiger partial charge is 0.497 e. The van der Waals surface area contributed by atoms with Gasteiger partial charge in [-0.25, -0.2) is 4.98 Å². The van der Waals surface area contributed by atoms with Crippen LogP contribution >= 0.6 is 11.3 Å². The summed E-state index contributed by atoms with van der Waals surface area (Å²) in [5.41, 5.74) is 3.65. The number of hydrogen-bond acceptors (Lipinski definition) is 7. The first-order valence-electron chi connectivity index (χ1n) is 11.1. The highest BCUT2D eigenvalue weighted by atomic mass is 32.1. The molecule has 174 valence electrons. The van der Waals surface area contributed by atoms with E-state index in [0.29, 0.717) is 0 Å². The molecule has 2 aromatic carbocycles. The molecular weight excluding hydrogens is 436 g/mol. The molecule has 1 N–H and O–H groups in total. The van der Waals surface area contributed by atoms with Gasteiger partial charge in [-0.3, -0.25) is 4.79 Å². The molecular formula is C25H30N4O3S. The van der Waals surface area contributed by atoms with E-state index in [1.54, 1.807) is 25.6 Å². The fourth-order valence-electron chi connectivity index (χ4n) is 3.89. The first-order valence-corrected chi connectivity index (χ1v) is 12.0. The zero-order valence-electron chi connectivity index (χ0n) is 19.3. The molecule has 1 aromatic heterocycles. The fourth-order valence-corrected chi connectivity index (χ4v) is 4.78. The Balaban J connectivity index is 1.48. The normalized spacial score (nSPS) is 13.6. The van der Waals surface area contributed by atoms with Crippen LogP contribution in [0.5, 0.6) is 11.5 Å². The maximum atomic E-state index is 12.7. The highest BCUT2D eigenvalue weighted by Gasteiger charge is 2.18. The van der Waals surface area contributed by atoms with Crippen LogP contribution in [-0.4, -0.2) is 62.7 Å². The number of ether oxygens (including phenoxy) is 2. The fraction of sp³-hybridized carbons (Fsp3) is 0.360. The molecule has 33 heavy (non-hydrogen) atoms. The number of piperazine rings is 1. The summed E-state index contributed by atoms with van der Waals surface area (Å²) in [6.07, 6.45) is 0. The number of rotatable bonds is 8. The first-order chi connectivity index (χ1) is 16.1. The second-order valence-corrected chi connectivity index (χ2v) is 8.67. The first kappa shape index (κ1) is 23.1. The van der Waals surface area contributed by atoms with E-state index in [0.717, 1.165) is 78.3 Å². The van der Waals surface area contributed by atoms with E-state index in [9.17, 15) is 4.79 Å². The SMILES string of the molecule is CCN(Cc1ccc(C(=O)N2CCNCC2)cc1)c1nc(-c2cc(OC)ccc2OC)cs1. The third-order valence-electron chi connectivity index (χ3n) is 5.81. The van der Waals surface area contributed by atoms with Gasteiger partial charge in [-0.1, -0.05) is 12.1 Å². The van der Waals surface area contributed by atoms with Crippen molar-refractivity contribution in [2.75, 3.05) is 51.8 Å². The minimum Gasteiger partial charge on any atom is -0.497 e. The van der Waals surface area contributed by atoms with E-state index >= 15 is 0 Å². The van der Waals surface area contributed by atoms with Gasteiger partial charge in [0, 0.05) is 55.8 Å². The number of benzene rings is 2. The van der Waals surface area contributed by atoms with Crippen molar-refractivity contribution < 1.29 is 14.3 Å². The highest BCUT2D eigenvalue weighted by molar-refractivity contribution is 7.14. The van der Waals surface area contributed by atoms with E-state index in [1.807, 2.05) is 52.7 Å². The van der Waals surface area contributed by atoms with Crippen LogP contribution < -0.4 is 19.7 Å². The standard InChI is InChI=1S/C25H30N4O3S/c1-4-28(16-18-5-7-19(8-6-18)24(30)29-13-11-26-12-14-29)25-27-22(17-33-25)21-15-20(31-2)9-10-23(21)32-3/h5-10,15,17,26H,4,11-14,16H2,1-3H3. The highest BCUT2D eigenvalue weighted by Crippen LogP contribution is 2.36. The molecule has 1 saturated heterocycles.